The van der Waals surface area contributed by atoms with Gasteiger partial charge < -0.3 is 0 Å². The van der Waals surface area contributed by atoms with E-state index in [1.165, 1.54) is 119 Å². The first kappa shape index (κ1) is 38.8. The normalized spacial score (nSPS) is 15.6. The summed E-state index contributed by atoms with van der Waals surface area (Å²) in [6, 6.07) is 4.97. The van der Waals surface area contributed by atoms with Gasteiger partial charge in [-0.05, 0) is 98.4 Å². The van der Waals surface area contributed by atoms with E-state index in [0.29, 0.717) is 0 Å². The molecule has 2 aromatic rings. The third-order valence-electron chi connectivity index (χ3n) is 9.60. The Hall–Kier alpha value is -1.62. The molecule has 2 aromatic heterocycles. The van der Waals surface area contributed by atoms with Gasteiger partial charge in [-0.1, -0.05) is 131 Å². The zero-order valence-electron chi connectivity index (χ0n) is 30.3. The summed E-state index contributed by atoms with van der Waals surface area (Å²) in [7, 11) is 0. The number of aryl methyl sites for hydroxylation is 2. The Labute approximate surface area is 297 Å². The molecule has 0 spiro atoms. The number of thiophene rings is 2. The summed E-state index contributed by atoms with van der Waals surface area (Å²) in [5.74, 6) is 0. The van der Waals surface area contributed by atoms with E-state index < -0.39 is 0 Å². The van der Waals surface area contributed by atoms with Crippen LogP contribution in [0.15, 0.2) is 46.9 Å². The Kier molecular flexibility index (Phi) is 16.9. The Balaban J connectivity index is 2.10. The molecule has 4 heteroatoms. The molecule has 2 heterocycles. The van der Waals surface area contributed by atoms with Crippen LogP contribution in [0, 0.1) is 0 Å². The highest BCUT2D eigenvalue weighted by atomic mass is 32.1. The molecule has 0 amide bonds. The van der Waals surface area contributed by atoms with Crippen LogP contribution in [-0.4, -0.2) is 5.71 Å². The van der Waals surface area contributed by atoms with Crippen molar-refractivity contribution in [3.63, 3.8) is 0 Å². The van der Waals surface area contributed by atoms with Gasteiger partial charge in [0.2, 0.25) is 0 Å². The molecule has 0 atom stereocenters. The highest BCUT2D eigenvalue weighted by Crippen LogP contribution is 2.45. The van der Waals surface area contributed by atoms with Gasteiger partial charge in [-0.2, -0.15) is 0 Å². The Morgan fingerprint density at radius 2 is 1.35 bits per heavy atom. The van der Waals surface area contributed by atoms with E-state index in [1.54, 1.807) is 4.88 Å². The van der Waals surface area contributed by atoms with Gasteiger partial charge in [0.15, 0.2) is 0 Å². The minimum absolute atomic E-state index is 0.165. The lowest BCUT2D eigenvalue weighted by atomic mass is 9.84. The number of unbranched alkanes of at least 4 members (excludes halogenated alkanes) is 9. The summed E-state index contributed by atoms with van der Waals surface area (Å²) in [6.45, 7) is 20.9. The maximum Gasteiger partial charge on any atom is 0.0872 e. The average Bonchev–Trinajstić information content (AvgIpc) is 3.69. The zero-order chi connectivity index (χ0) is 33.5. The first-order valence-corrected chi connectivity index (χ1v) is 20.6. The van der Waals surface area contributed by atoms with Crippen LogP contribution < -0.4 is 0 Å². The van der Waals surface area contributed by atoms with E-state index in [0.717, 1.165) is 44.2 Å². The lowest BCUT2D eigenvalue weighted by Gasteiger charge is -2.23. The van der Waals surface area contributed by atoms with Gasteiger partial charge in [0.25, 0.3) is 0 Å². The second-order valence-corrected chi connectivity index (χ2v) is 16.2. The van der Waals surface area contributed by atoms with Crippen LogP contribution in [0.25, 0.3) is 16.7 Å². The third kappa shape index (κ3) is 10.4. The van der Waals surface area contributed by atoms with Gasteiger partial charge in [0, 0.05) is 36.2 Å². The van der Waals surface area contributed by atoms with Gasteiger partial charge in [0.1, 0.15) is 0 Å². The number of allylic oxidation sites excluding steroid dienone is 7. The molecule has 0 radical (unpaired) electrons. The van der Waals surface area contributed by atoms with Crippen LogP contribution in [-0.2, 0) is 18.3 Å². The summed E-state index contributed by atoms with van der Waals surface area (Å²) in [5, 5.41) is 0. The zero-order valence-corrected chi connectivity index (χ0v) is 32.9. The van der Waals surface area contributed by atoms with Crippen molar-refractivity contribution in [3.05, 3.63) is 73.1 Å². The van der Waals surface area contributed by atoms with Crippen LogP contribution in [0.1, 0.15) is 175 Å². The molecule has 254 valence electrons. The molecule has 0 unspecified atom stereocenters. The van der Waals surface area contributed by atoms with Crippen molar-refractivity contribution in [2.24, 2.45) is 4.40 Å². The van der Waals surface area contributed by atoms with Crippen molar-refractivity contribution in [1.29, 1.82) is 0 Å². The fourth-order valence-electron chi connectivity index (χ4n) is 6.34. The minimum atomic E-state index is 0.165. The topological polar surface area (TPSA) is 12.4 Å². The Morgan fingerprint density at radius 1 is 0.761 bits per heavy atom. The number of thiol groups is 1. The summed E-state index contributed by atoms with van der Waals surface area (Å²) in [5.41, 5.74) is 9.29. The largest absolute Gasteiger partial charge is 0.219 e. The molecular weight excluding hydrogens is 615 g/mol. The van der Waals surface area contributed by atoms with Gasteiger partial charge >= 0.3 is 0 Å². The van der Waals surface area contributed by atoms with Crippen LogP contribution >= 0.6 is 35.5 Å². The van der Waals surface area contributed by atoms with Crippen molar-refractivity contribution in [3.8, 4) is 0 Å². The molecule has 0 saturated heterocycles. The standard InChI is InChI=1S/C42H63NS3/c1-9-14-18-21-24-32-29-37(45-40(32)31(6)23-20-16-11-3)34-27-28-36(39(43-44)35(34)26-17-12-4)38-30-33(25-22-19-15-10-2)41(46-38)42(7,8)13-5/h26-30,44H,6,9-25H2,1-5,7-8H3/b35-26-,43-39+. The molecule has 3 rings (SSSR count). The highest BCUT2D eigenvalue weighted by Gasteiger charge is 2.29. The summed E-state index contributed by atoms with van der Waals surface area (Å²) >= 11 is 8.58. The molecular formula is C42H63NS3. The number of rotatable bonds is 21. The van der Waals surface area contributed by atoms with Crippen LogP contribution in [0.4, 0.5) is 0 Å². The van der Waals surface area contributed by atoms with E-state index in [9.17, 15) is 0 Å². The average molecular weight is 678 g/mol. The molecule has 0 aliphatic heterocycles. The quantitative estimate of drug-likeness (QED) is 0.0997. The van der Waals surface area contributed by atoms with Crippen molar-refractivity contribution in [2.45, 2.75) is 163 Å². The van der Waals surface area contributed by atoms with E-state index >= 15 is 0 Å². The molecule has 1 nitrogen and oxygen atoms in total. The molecule has 0 bridgehead atoms. The van der Waals surface area contributed by atoms with Crippen molar-refractivity contribution in [1.82, 2.24) is 0 Å². The van der Waals surface area contributed by atoms with Crippen molar-refractivity contribution < 1.29 is 0 Å². The minimum Gasteiger partial charge on any atom is -0.219 e. The van der Waals surface area contributed by atoms with Crippen molar-refractivity contribution in [2.75, 3.05) is 0 Å². The Morgan fingerprint density at radius 3 is 1.96 bits per heavy atom. The predicted octanol–water partition coefficient (Wildman–Crippen LogP) is 14.8. The maximum absolute atomic E-state index is 4.73. The molecule has 1 aliphatic rings. The fraction of sp³-hybridized carbons (Fsp3) is 0.595. The lowest BCUT2D eigenvalue weighted by molar-refractivity contribution is 0.510. The molecule has 0 N–H and O–H groups in total. The van der Waals surface area contributed by atoms with E-state index in [2.05, 4.69) is 98.2 Å². The van der Waals surface area contributed by atoms with E-state index in [4.69, 9.17) is 4.40 Å². The van der Waals surface area contributed by atoms with Crippen LogP contribution in [0.2, 0.25) is 0 Å². The van der Waals surface area contributed by atoms with Crippen LogP contribution in [0.3, 0.4) is 0 Å². The first-order valence-electron chi connectivity index (χ1n) is 18.6. The van der Waals surface area contributed by atoms with E-state index in [-0.39, 0.29) is 5.41 Å². The summed E-state index contributed by atoms with van der Waals surface area (Å²) in [6.07, 6.45) is 27.8. The second-order valence-electron chi connectivity index (χ2n) is 13.9. The summed E-state index contributed by atoms with van der Waals surface area (Å²) < 4.78 is 4.73. The summed E-state index contributed by atoms with van der Waals surface area (Å²) in [4.78, 5) is 5.65. The third-order valence-corrected chi connectivity index (χ3v) is 12.7. The molecule has 0 saturated carbocycles. The van der Waals surface area contributed by atoms with Gasteiger partial charge in [-0.15, -0.1) is 22.7 Å². The predicted molar refractivity (Wildman–Crippen MR) is 216 cm³/mol. The monoisotopic (exact) mass is 677 g/mol. The molecule has 1 aliphatic carbocycles. The SMILES string of the molecule is C=C(CCCCC)c1sc(C2=CC=C(c3cc(CCCCCC)c(C(C)(C)CC)s3)C(=N/S)/C2=C\CCC)cc1CCCCCC. The Bertz CT molecular complexity index is 1370. The number of hydrogen-bond donors (Lipinski definition) is 1. The van der Waals surface area contributed by atoms with Crippen molar-refractivity contribution >= 4 is 57.9 Å². The van der Waals surface area contributed by atoms with Gasteiger partial charge in [-0.25, -0.2) is 4.40 Å². The number of nitrogens with zero attached hydrogens (tertiary/aromatic N) is 1. The van der Waals surface area contributed by atoms with Gasteiger partial charge in [-0.3, -0.25) is 0 Å². The smallest absolute Gasteiger partial charge is 0.0872 e. The lowest BCUT2D eigenvalue weighted by Crippen LogP contribution is -2.15. The van der Waals surface area contributed by atoms with Gasteiger partial charge in [0.05, 0.1) is 5.71 Å². The molecule has 46 heavy (non-hydrogen) atoms. The van der Waals surface area contributed by atoms with Crippen LogP contribution in [0.5, 0.6) is 0 Å². The molecule has 0 fully saturated rings. The van der Waals surface area contributed by atoms with E-state index in [1.807, 2.05) is 22.7 Å². The second kappa shape index (κ2) is 20.0. The number of hydrogen-bond acceptors (Lipinski definition) is 4. The fourth-order valence-corrected chi connectivity index (χ4v) is 9.21. The molecule has 0 aromatic carbocycles. The first-order chi connectivity index (χ1) is 22.3. The maximum atomic E-state index is 4.73. The highest BCUT2D eigenvalue weighted by molar-refractivity contribution is 7.79.